The largest absolute Gasteiger partial charge is 0.454 e. The molecule has 0 saturated carbocycles. The average Bonchev–Trinajstić information content (AvgIpc) is 2.88. The van der Waals surface area contributed by atoms with E-state index in [2.05, 4.69) is 5.32 Å². The molecule has 0 fully saturated rings. The van der Waals surface area contributed by atoms with Gasteiger partial charge in [-0.1, -0.05) is 77.8 Å². The van der Waals surface area contributed by atoms with Crippen LogP contribution in [-0.2, 0) is 4.74 Å². The highest BCUT2D eigenvalue weighted by atomic mass is 35.5. The minimum Gasteiger partial charge on any atom is -0.454 e. The van der Waals surface area contributed by atoms with Crippen LogP contribution < -0.4 is 5.32 Å². The Balaban J connectivity index is 1.32. The maximum absolute atomic E-state index is 12.4. The average molecular weight is 504 g/mol. The van der Waals surface area contributed by atoms with Crippen LogP contribution in [0.25, 0.3) is 11.1 Å². The number of ketones is 1. The lowest BCUT2D eigenvalue weighted by Gasteiger charge is -2.09. The van der Waals surface area contributed by atoms with E-state index in [1.165, 1.54) is 24.3 Å². The van der Waals surface area contributed by atoms with Crippen LogP contribution in [0.3, 0.4) is 0 Å². The molecule has 0 atom stereocenters. The van der Waals surface area contributed by atoms with Crippen molar-refractivity contribution >= 4 is 46.5 Å². The third-order valence-corrected chi connectivity index (χ3v) is 5.75. The Labute approximate surface area is 212 Å². The predicted molar refractivity (Wildman–Crippen MR) is 137 cm³/mol. The van der Waals surface area contributed by atoms with E-state index in [-0.39, 0.29) is 28.5 Å². The van der Waals surface area contributed by atoms with Crippen molar-refractivity contribution in [2.75, 3.05) is 11.9 Å². The van der Waals surface area contributed by atoms with Gasteiger partial charge < -0.3 is 10.1 Å². The molecule has 0 aliphatic rings. The summed E-state index contributed by atoms with van der Waals surface area (Å²) in [4.78, 5) is 37.2. The number of hydrogen-bond acceptors (Lipinski definition) is 4. The zero-order chi connectivity index (χ0) is 24.8. The van der Waals surface area contributed by atoms with Crippen molar-refractivity contribution in [3.05, 3.63) is 124 Å². The first-order chi connectivity index (χ1) is 16.9. The van der Waals surface area contributed by atoms with Crippen LogP contribution >= 0.6 is 23.2 Å². The van der Waals surface area contributed by atoms with E-state index in [0.717, 1.165) is 11.1 Å². The second-order valence-electron chi connectivity index (χ2n) is 7.60. The summed E-state index contributed by atoms with van der Waals surface area (Å²) in [5, 5.41) is 3.36. The smallest absolute Gasteiger partial charge is 0.338 e. The van der Waals surface area contributed by atoms with Gasteiger partial charge in [0.2, 0.25) is 0 Å². The Morgan fingerprint density at radius 3 is 2.00 bits per heavy atom. The van der Waals surface area contributed by atoms with Crippen molar-refractivity contribution in [1.82, 2.24) is 0 Å². The highest BCUT2D eigenvalue weighted by Crippen LogP contribution is 2.23. The molecule has 1 amide bonds. The number of nitrogens with one attached hydrogen (secondary N) is 1. The number of ether oxygens (including phenoxy) is 1. The van der Waals surface area contributed by atoms with Crippen LogP contribution in [0.15, 0.2) is 97.1 Å². The molecule has 35 heavy (non-hydrogen) atoms. The van der Waals surface area contributed by atoms with Gasteiger partial charge in [-0.2, -0.15) is 0 Å². The molecule has 5 nitrogen and oxygen atoms in total. The van der Waals surface area contributed by atoms with E-state index >= 15 is 0 Å². The van der Waals surface area contributed by atoms with Gasteiger partial charge >= 0.3 is 5.97 Å². The van der Waals surface area contributed by atoms with Gasteiger partial charge in [0, 0.05) is 16.3 Å². The van der Waals surface area contributed by atoms with Crippen LogP contribution in [0.2, 0.25) is 10.0 Å². The second kappa shape index (κ2) is 11.0. The summed E-state index contributed by atoms with van der Waals surface area (Å²) in [5.74, 6) is -1.36. The highest BCUT2D eigenvalue weighted by Gasteiger charge is 2.14. The van der Waals surface area contributed by atoms with Crippen LogP contribution in [0.5, 0.6) is 0 Å². The number of esters is 1. The van der Waals surface area contributed by atoms with E-state index in [9.17, 15) is 14.4 Å². The maximum atomic E-state index is 12.4. The van der Waals surface area contributed by atoms with Gasteiger partial charge in [0.25, 0.3) is 5.91 Å². The molecule has 0 bridgehead atoms. The van der Waals surface area contributed by atoms with Gasteiger partial charge in [-0.3, -0.25) is 9.59 Å². The lowest BCUT2D eigenvalue weighted by Crippen LogP contribution is -2.15. The third kappa shape index (κ3) is 6.15. The Morgan fingerprint density at radius 1 is 0.714 bits per heavy atom. The number of rotatable bonds is 7. The number of carbonyl (C=O) groups is 3. The molecular weight excluding hydrogens is 485 g/mol. The fourth-order valence-electron chi connectivity index (χ4n) is 3.34. The van der Waals surface area contributed by atoms with E-state index in [0.29, 0.717) is 16.3 Å². The minimum absolute atomic E-state index is 0.231. The van der Waals surface area contributed by atoms with E-state index in [1.54, 1.807) is 30.3 Å². The minimum atomic E-state index is -0.641. The zero-order valence-electron chi connectivity index (χ0n) is 18.3. The Bertz CT molecular complexity index is 1370. The summed E-state index contributed by atoms with van der Waals surface area (Å²) in [6, 6.07) is 27.6. The molecule has 0 heterocycles. The molecule has 4 aromatic carbocycles. The van der Waals surface area contributed by atoms with Gasteiger partial charge in [0.05, 0.1) is 16.1 Å². The summed E-state index contributed by atoms with van der Waals surface area (Å²) in [5.41, 5.74) is 3.48. The van der Waals surface area contributed by atoms with E-state index in [4.69, 9.17) is 27.9 Å². The summed E-state index contributed by atoms with van der Waals surface area (Å²) in [7, 11) is 0. The molecule has 0 aliphatic carbocycles. The molecule has 0 aliphatic heterocycles. The van der Waals surface area contributed by atoms with Crippen LogP contribution in [0.1, 0.15) is 31.1 Å². The fourth-order valence-corrected chi connectivity index (χ4v) is 3.83. The summed E-state index contributed by atoms with van der Waals surface area (Å²) in [6.45, 7) is -0.378. The summed E-state index contributed by atoms with van der Waals surface area (Å²) in [6.07, 6.45) is 0. The molecule has 7 heteroatoms. The highest BCUT2D eigenvalue weighted by molar-refractivity contribution is 6.37. The van der Waals surface area contributed by atoms with Crippen molar-refractivity contribution in [2.24, 2.45) is 0 Å². The lowest BCUT2D eigenvalue weighted by molar-refractivity contribution is 0.0475. The summed E-state index contributed by atoms with van der Waals surface area (Å²) >= 11 is 11.9. The Hall–Kier alpha value is -3.93. The topological polar surface area (TPSA) is 72.5 Å². The molecule has 174 valence electrons. The first-order valence-corrected chi connectivity index (χ1v) is 11.4. The predicted octanol–water partition coefficient (Wildman–Crippen LogP) is 6.95. The monoisotopic (exact) mass is 503 g/mol. The van der Waals surface area contributed by atoms with Crippen LogP contribution in [0.4, 0.5) is 5.69 Å². The molecule has 0 spiro atoms. The third-order valence-electron chi connectivity index (χ3n) is 5.20. The number of hydrogen-bond donors (Lipinski definition) is 1. The quantitative estimate of drug-likeness (QED) is 0.218. The lowest BCUT2D eigenvalue weighted by atomic mass is 10.0. The normalized spacial score (nSPS) is 10.5. The fraction of sp³-hybridized carbons (Fsp3) is 0.0357. The maximum Gasteiger partial charge on any atom is 0.338 e. The molecule has 0 unspecified atom stereocenters. The molecular formula is C28H19Cl2NO4. The molecule has 4 aromatic rings. The number of Topliss-reactive ketones (excluding diaryl/α,β-unsaturated/α-hetero) is 1. The van der Waals surface area contributed by atoms with Crippen molar-refractivity contribution in [1.29, 1.82) is 0 Å². The van der Waals surface area contributed by atoms with Gasteiger partial charge in [-0.15, -0.1) is 0 Å². The standard InChI is InChI=1S/C28H19Cl2NO4/c29-22-12-15-24(25(30)16-22)27(33)31-23-13-10-21(11-14-23)28(34)35-17-26(32)20-8-6-19(7-9-20)18-4-2-1-3-5-18/h1-16H,17H2,(H,31,33). The van der Waals surface area contributed by atoms with Gasteiger partial charge in [0.1, 0.15) is 0 Å². The van der Waals surface area contributed by atoms with Crippen LogP contribution in [0, 0.1) is 0 Å². The van der Waals surface area contributed by atoms with Crippen LogP contribution in [-0.4, -0.2) is 24.3 Å². The van der Waals surface area contributed by atoms with Crippen molar-refractivity contribution < 1.29 is 19.1 Å². The molecule has 0 aromatic heterocycles. The SMILES string of the molecule is O=C(COC(=O)c1ccc(NC(=O)c2ccc(Cl)cc2Cl)cc1)c1ccc(-c2ccccc2)cc1. The van der Waals surface area contributed by atoms with Crippen molar-refractivity contribution in [3.8, 4) is 11.1 Å². The Kier molecular flexibility index (Phi) is 7.60. The van der Waals surface area contributed by atoms with Crippen molar-refractivity contribution in [2.45, 2.75) is 0 Å². The molecule has 1 N–H and O–H groups in total. The Morgan fingerprint density at radius 2 is 1.34 bits per heavy atom. The zero-order valence-corrected chi connectivity index (χ0v) is 19.8. The number of anilines is 1. The number of carbonyl (C=O) groups excluding carboxylic acids is 3. The van der Waals surface area contributed by atoms with Gasteiger partial charge in [-0.05, 0) is 53.6 Å². The summed E-state index contributed by atoms with van der Waals surface area (Å²) < 4.78 is 5.17. The molecule has 0 saturated heterocycles. The molecule has 0 radical (unpaired) electrons. The van der Waals surface area contributed by atoms with Crippen molar-refractivity contribution in [3.63, 3.8) is 0 Å². The number of amides is 1. The molecule has 4 rings (SSSR count). The first kappa shape index (κ1) is 24.2. The first-order valence-electron chi connectivity index (χ1n) is 10.6. The second-order valence-corrected chi connectivity index (χ2v) is 8.44. The number of benzene rings is 4. The van der Waals surface area contributed by atoms with Gasteiger partial charge in [-0.25, -0.2) is 4.79 Å². The van der Waals surface area contributed by atoms with Gasteiger partial charge in [0.15, 0.2) is 12.4 Å². The number of halogens is 2. The van der Waals surface area contributed by atoms with E-state index < -0.39 is 11.9 Å². The van der Waals surface area contributed by atoms with E-state index in [1.807, 2.05) is 42.5 Å².